The van der Waals surface area contributed by atoms with Gasteiger partial charge in [0.2, 0.25) is 0 Å². The lowest BCUT2D eigenvalue weighted by molar-refractivity contribution is -0.146. The number of benzene rings is 1. The smallest absolute Gasteiger partial charge is 0.409 e. The molecule has 0 spiro atoms. The molecular weight excluding hydrogens is 528 g/mol. The van der Waals surface area contributed by atoms with Gasteiger partial charge in [-0.2, -0.15) is 0 Å². The van der Waals surface area contributed by atoms with Gasteiger partial charge in [0.25, 0.3) is 11.8 Å². The van der Waals surface area contributed by atoms with Crippen LogP contribution >= 0.6 is 22.9 Å². The highest BCUT2D eigenvalue weighted by Gasteiger charge is 2.37. The van der Waals surface area contributed by atoms with E-state index in [1.165, 1.54) is 11.3 Å². The number of carbonyl (C=O) groups is 3. The quantitative estimate of drug-likeness (QED) is 0.524. The number of ether oxygens (including phenoxy) is 2. The molecule has 2 aliphatic rings. The molecule has 0 aliphatic carbocycles. The van der Waals surface area contributed by atoms with Crippen molar-refractivity contribution in [2.24, 2.45) is 0 Å². The highest BCUT2D eigenvalue weighted by molar-refractivity contribution is 7.09. The molecule has 2 fully saturated rings. The van der Waals surface area contributed by atoms with Gasteiger partial charge in [-0.05, 0) is 58.6 Å². The maximum atomic E-state index is 13.2. The van der Waals surface area contributed by atoms with Crippen molar-refractivity contribution in [3.63, 3.8) is 0 Å². The summed E-state index contributed by atoms with van der Waals surface area (Å²) in [6.45, 7) is 7.97. The van der Waals surface area contributed by atoms with Crippen molar-refractivity contribution in [1.29, 1.82) is 0 Å². The summed E-state index contributed by atoms with van der Waals surface area (Å²) in [6.07, 6.45) is 2.62. The van der Waals surface area contributed by atoms with E-state index in [1.54, 1.807) is 43.2 Å². The number of rotatable bonds is 7. The molecule has 2 aromatic rings. The van der Waals surface area contributed by atoms with Crippen molar-refractivity contribution >= 4 is 40.8 Å². The maximum absolute atomic E-state index is 13.2. The highest BCUT2D eigenvalue weighted by atomic mass is 35.5. The van der Waals surface area contributed by atoms with Crippen molar-refractivity contribution in [3.05, 3.63) is 45.4 Å². The zero-order valence-electron chi connectivity index (χ0n) is 22.1. The summed E-state index contributed by atoms with van der Waals surface area (Å²) in [5, 5.41) is 6.25. The molecular formula is C27H35ClN4O5S. The summed E-state index contributed by atoms with van der Waals surface area (Å²) in [5.41, 5.74) is -0.623. The van der Waals surface area contributed by atoms with E-state index in [-0.39, 0.29) is 29.9 Å². The number of para-hydroxylation sites is 1. The number of nitrogens with one attached hydrogen (secondary N) is 1. The van der Waals surface area contributed by atoms with Crippen LogP contribution < -0.4 is 10.1 Å². The number of hydrogen-bond acceptors (Lipinski definition) is 7. The van der Waals surface area contributed by atoms with E-state index in [0.29, 0.717) is 62.1 Å². The highest BCUT2D eigenvalue weighted by Crippen LogP contribution is 2.33. The topological polar surface area (TPSA) is 101 Å². The summed E-state index contributed by atoms with van der Waals surface area (Å²) in [5.74, 6) is 0.420. The second-order valence-corrected chi connectivity index (χ2v) is 11.4. The largest absolute Gasteiger partial charge is 0.476 e. The Labute approximate surface area is 232 Å². The fourth-order valence-corrected chi connectivity index (χ4v) is 5.96. The monoisotopic (exact) mass is 562 g/mol. The Bertz CT molecular complexity index is 1140. The molecule has 3 amide bonds. The predicted octanol–water partition coefficient (Wildman–Crippen LogP) is 4.71. The van der Waals surface area contributed by atoms with Gasteiger partial charge in [0.05, 0.1) is 16.6 Å². The second-order valence-electron chi connectivity index (χ2n) is 10.1. The third kappa shape index (κ3) is 6.77. The Balaban J connectivity index is 1.26. The van der Waals surface area contributed by atoms with Gasteiger partial charge in [0, 0.05) is 43.5 Å². The average molecular weight is 563 g/mol. The van der Waals surface area contributed by atoms with E-state index >= 15 is 0 Å². The third-order valence-electron chi connectivity index (χ3n) is 6.96. The van der Waals surface area contributed by atoms with Crippen molar-refractivity contribution in [1.82, 2.24) is 20.1 Å². The molecule has 3 heterocycles. The van der Waals surface area contributed by atoms with Gasteiger partial charge in [-0.1, -0.05) is 23.7 Å². The number of halogens is 1. The average Bonchev–Trinajstić information content (AvgIpc) is 3.41. The summed E-state index contributed by atoms with van der Waals surface area (Å²) in [4.78, 5) is 46.0. The van der Waals surface area contributed by atoms with Crippen LogP contribution in [0.15, 0.2) is 29.6 Å². The van der Waals surface area contributed by atoms with Crippen molar-refractivity contribution in [2.45, 2.75) is 64.0 Å². The number of amides is 3. The van der Waals surface area contributed by atoms with E-state index < -0.39 is 5.60 Å². The molecule has 0 atom stereocenters. The molecule has 0 saturated carbocycles. The van der Waals surface area contributed by atoms with E-state index in [0.717, 1.165) is 17.8 Å². The van der Waals surface area contributed by atoms with Gasteiger partial charge in [-0.3, -0.25) is 9.59 Å². The van der Waals surface area contributed by atoms with Crippen molar-refractivity contribution in [3.8, 4) is 5.75 Å². The van der Waals surface area contributed by atoms with Crippen LogP contribution in [0.5, 0.6) is 5.75 Å². The van der Waals surface area contributed by atoms with Crippen LogP contribution in [0, 0.1) is 0 Å². The molecule has 0 unspecified atom stereocenters. The Kier molecular flexibility index (Phi) is 9.15. The first-order valence-electron chi connectivity index (χ1n) is 13.1. The molecule has 9 nitrogen and oxygen atoms in total. The van der Waals surface area contributed by atoms with Crippen LogP contribution in [0.2, 0.25) is 5.02 Å². The normalized spacial score (nSPS) is 17.3. The van der Waals surface area contributed by atoms with Gasteiger partial charge >= 0.3 is 6.09 Å². The lowest BCUT2D eigenvalue weighted by Crippen LogP contribution is -2.51. The van der Waals surface area contributed by atoms with Crippen LogP contribution in [0.3, 0.4) is 0 Å². The Morgan fingerprint density at radius 2 is 1.74 bits per heavy atom. The van der Waals surface area contributed by atoms with E-state index in [9.17, 15) is 14.4 Å². The molecule has 11 heteroatoms. The Hall–Kier alpha value is -2.85. The summed E-state index contributed by atoms with van der Waals surface area (Å²) < 4.78 is 11.0. The number of aromatic nitrogens is 1. The first-order valence-corrected chi connectivity index (χ1v) is 14.3. The minimum absolute atomic E-state index is 0.00363. The molecule has 206 valence electrons. The summed E-state index contributed by atoms with van der Waals surface area (Å²) in [7, 11) is 0. The Morgan fingerprint density at radius 3 is 2.39 bits per heavy atom. The van der Waals surface area contributed by atoms with E-state index in [2.05, 4.69) is 10.3 Å². The third-order valence-corrected chi connectivity index (χ3v) is 8.28. The van der Waals surface area contributed by atoms with Crippen LogP contribution in [-0.4, -0.2) is 77.1 Å². The fourth-order valence-electron chi connectivity index (χ4n) is 4.82. The minimum atomic E-state index is -1.04. The fraction of sp³-hybridized carbons (Fsp3) is 0.556. The van der Waals surface area contributed by atoms with Crippen LogP contribution in [0.4, 0.5) is 4.79 Å². The summed E-state index contributed by atoms with van der Waals surface area (Å²) in [6, 6.07) is 7.14. The van der Waals surface area contributed by atoms with Crippen molar-refractivity contribution < 1.29 is 23.9 Å². The number of nitrogens with zero attached hydrogens (tertiary/aromatic N) is 3. The lowest BCUT2D eigenvalue weighted by atomic mass is 9.96. The number of hydrogen-bond donors (Lipinski definition) is 1. The zero-order valence-corrected chi connectivity index (χ0v) is 23.6. The second kappa shape index (κ2) is 12.3. The predicted molar refractivity (Wildman–Crippen MR) is 146 cm³/mol. The van der Waals surface area contributed by atoms with E-state index in [1.807, 2.05) is 17.0 Å². The van der Waals surface area contributed by atoms with Crippen LogP contribution in [0.1, 0.15) is 67.9 Å². The van der Waals surface area contributed by atoms with Crippen LogP contribution in [-0.2, 0) is 9.53 Å². The number of carbonyl (C=O) groups excluding carboxylic acids is 3. The molecule has 2 aliphatic heterocycles. The van der Waals surface area contributed by atoms with Gasteiger partial charge in [-0.25, -0.2) is 9.78 Å². The van der Waals surface area contributed by atoms with Gasteiger partial charge in [-0.15, -0.1) is 11.3 Å². The zero-order chi connectivity index (χ0) is 27.3. The lowest BCUT2D eigenvalue weighted by Gasteiger charge is -2.36. The molecule has 0 radical (unpaired) electrons. The van der Waals surface area contributed by atoms with E-state index in [4.69, 9.17) is 21.1 Å². The first kappa shape index (κ1) is 28.2. The molecule has 0 bridgehead atoms. The molecule has 38 heavy (non-hydrogen) atoms. The van der Waals surface area contributed by atoms with Gasteiger partial charge < -0.3 is 24.6 Å². The molecule has 2 saturated heterocycles. The first-order chi connectivity index (χ1) is 18.2. The SMILES string of the molecule is CCOC(=O)N1CCC(NC(=O)c2csc(C3CCN(C(=O)C(C)(C)Oc4ccccc4Cl)CC3)n2)CC1. The Morgan fingerprint density at radius 1 is 1.08 bits per heavy atom. The summed E-state index contributed by atoms with van der Waals surface area (Å²) >= 11 is 7.70. The number of likely N-dealkylation sites (tertiary alicyclic amines) is 2. The molecule has 1 N–H and O–H groups in total. The van der Waals surface area contributed by atoms with Gasteiger partial charge in [0.15, 0.2) is 5.60 Å². The number of thiazole rings is 1. The van der Waals surface area contributed by atoms with Gasteiger partial charge in [0.1, 0.15) is 11.4 Å². The van der Waals surface area contributed by atoms with Crippen LogP contribution in [0.25, 0.3) is 0 Å². The standard InChI is InChI=1S/C27H35ClN4O5S/c1-4-36-26(35)32-15-11-19(12-16-32)29-23(33)21-17-38-24(30-21)18-9-13-31(14-10-18)25(34)27(2,3)37-22-8-6-5-7-20(22)28/h5-8,17-19H,4,9-16H2,1-3H3,(H,29,33). The molecule has 1 aromatic heterocycles. The van der Waals surface area contributed by atoms with Crippen molar-refractivity contribution in [2.75, 3.05) is 32.8 Å². The molecule has 1 aromatic carbocycles. The molecule has 4 rings (SSSR count). The number of piperidine rings is 2. The maximum Gasteiger partial charge on any atom is 0.409 e. The minimum Gasteiger partial charge on any atom is -0.476 e.